The molecule has 0 fully saturated rings. The fourth-order valence-corrected chi connectivity index (χ4v) is 3.65. The number of benzene rings is 3. The molecule has 0 bridgehead atoms. The highest BCUT2D eigenvalue weighted by molar-refractivity contribution is 5.84. The third-order valence-corrected chi connectivity index (χ3v) is 4.89. The van der Waals surface area contributed by atoms with Gasteiger partial charge >= 0.3 is 5.97 Å². The number of nitrogens with one attached hydrogen (secondary N) is 1. The number of aliphatic carboxylic acids is 1. The summed E-state index contributed by atoms with van der Waals surface area (Å²) in [6, 6.07) is 20.5. The van der Waals surface area contributed by atoms with E-state index in [-0.39, 0.29) is 12.8 Å². The highest BCUT2D eigenvalue weighted by Crippen LogP contribution is 2.43. The lowest BCUT2D eigenvalue weighted by Gasteiger charge is -2.27. The second-order valence-corrected chi connectivity index (χ2v) is 6.71. The molecule has 2 N–H and O–H groups in total. The molecule has 3 aromatic carbocycles. The van der Waals surface area contributed by atoms with Crippen molar-refractivity contribution in [2.75, 3.05) is 16.8 Å². The van der Waals surface area contributed by atoms with Gasteiger partial charge < -0.3 is 20.1 Å². The quantitative estimate of drug-likeness (QED) is 0.677. The van der Waals surface area contributed by atoms with Crippen molar-refractivity contribution < 1.29 is 14.6 Å². The van der Waals surface area contributed by atoms with Crippen molar-refractivity contribution in [3.63, 3.8) is 0 Å². The van der Waals surface area contributed by atoms with Gasteiger partial charge in [-0.05, 0) is 41.0 Å². The molecule has 4 rings (SSSR count). The molecule has 0 saturated carbocycles. The predicted molar refractivity (Wildman–Crippen MR) is 107 cm³/mol. The van der Waals surface area contributed by atoms with Crippen LogP contribution in [0.25, 0.3) is 10.8 Å². The highest BCUT2D eigenvalue weighted by atomic mass is 16.5. The molecule has 0 radical (unpaired) electrons. The molecule has 3 aromatic rings. The van der Waals surface area contributed by atoms with Crippen LogP contribution < -0.4 is 15.0 Å². The molecule has 1 atom stereocenters. The molecule has 27 heavy (non-hydrogen) atoms. The zero-order valence-corrected chi connectivity index (χ0v) is 15.2. The number of ether oxygens (including phenoxy) is 1. The largest absolute Gasteiger partial charge is 0.480 e. The van der Waals surface area contributed by atoms with E-state index in [1.807, 2.05) is 30.3 Å². The minimum atomic E-state index is -0.980. The fraction of sp³-hybridized carbons (Fsp3) is 0.227. The molecule has 5 nitrogen and oxygen atoms in total. The first-order valence-corrected chi connectivity index (χ1v) is 9.14. The van der Waals surface area contributed by atoms with Gasteiger partial charge in [-0.3, -0.25) is 0 Å². The van der Waals surface area contributed by atoms with Crippen LogP contribution in [0.5, 0.6) is 5.75 Å². The third kappa shape index (κ3) is 3.40. The summed E-state index contributed by atoms with van der Waals surface area (Å²) in [4.78, 5) is 13.2. The van der Waals surface area contributed by atoms with Crippen LogP contribution in [0.1, 0.15) is 18.9 Å². The first-order chi connectivity index (χ1) is 13.2. The Hall–Kier alpha value is -3.21. The van der Waals surface area contributed by atoms with Crippen molar-refractivity contribution in [2.24, 2.45) is 0 Å². The van der Waals surface area contributed by atoms with Crippen molar-refractivity contribution in [3.8, 4) is 5.75 Å². The Morgan fingerprint density at radius 2 is 1.93 bits per heavy atom. The summed E-state index contributed by atoms with van der Waals surface area (Å²) in [7, 11) is 0. The van der Waals surface area contributed by atoms with Crippen molar-refractivity contribution in [1.82, 2.24) is 0 Å². The van der Waals surface area contributed by atoms with E-state index in [4.69, 9.17) is 9.84 Å². The average molecular weight is 362 g/mol. The molecule has 1 unspecified atom stereocenters. The molecular weight excluding hydrogens is 340 g/mol. The Morgan fingerprint density at radius 3 is 2.70 bits per heavy atom. The van der Waals surface area contributed by atoms with Gasteiger partial charge in [0.1, 0.15) is 11.4 Å². The van der Waals surface area contributed by atoms with Gasteiger partial charge in [-0.15, -0.1) is 0 Å². The standard InChI is InChI=1S/C22H22N2O3/c1-2-20-23-18-8-5-9-19(27-14-21(25)26)22(18)24(20)13-15-10-11-16-6-3-4-7-17(16)12-15/h3-12,20,23H,2,13-14H2,1H3,(H,25,26). The van der Waals surface area contributed by atoms with E-state index in [0.717, 1.165) is 24.3 Å². The second-order valence-electron chi connectivity index (χ2n) is 6.71. The number of hydrogen-bond acceptors (Lipinski definition) is 4. The molecule has 1 aliphatic rings. The summed E-state index contributed by atoms with van der Waals surface area (Å²) in [5.41, 5.74) is 3.11. The second kappa shape index (κ2) is 7.19. The summed E-state index contributed by atoms with van der Waals surface area (Å²) in [6.45, 7) is 2.50. The van der Waals surface area contributed by atoms with E-state index >= 15 is 0 Å². The molecular formula is C22H22N2O3. The van der Waals surface area contributed by atoms with Crippen molar-refractivity contribution in [1.29, 1.82) is 0 Å². The van der Waals surface area contributed by atoms with E-state index in [1.165, 1.54) is 16.3 Å². The molecule has 0 aromatic heterocycles. The van der Waals surface area contributed by atoms with Crippen molar-refractivity contribution in [3.05, 3.63) is 66.2 Å². The summed E-state index contributed by atoms with van der Waals surface area (Å²) in [5.74, 6) is -0.384. The van der Waals surface area contributed by atoms with Gasteiger partial charge in [0.25, 0.3) is 0 Å². The summed E-state index contributed by atoms with van der Waals surface area (Å²) < 4.78 is 5.56. The number of carboxylic acid groups (broad SMARTS) is 1. The molecule has 0 aliphatic carbocycles. The number of para-hydroxylation sites is 1. The molecule has 1 aliphatic heterocycles. The lowest BCUT2D eigenvalue weighted by Crippen LogP contribution is -2.34. The summed E-state index contributed by atoms with van der Waals surface area (Å²) in [6.07, 6.45) is 1.06. The van der Waals surface area contributed by atoms with Crippen molar-refractivity contribution in [2.45, 2.75) is 26.1 Å². The van der Waals surface area contributed by atoms with Crippen molar-refractivity contribution >= 4 is 28.1 Å². The van der Waals surface area contributed by atoms with Crippen LogP contribution >= 0.6 is 0 Å². The zero-order valence-electron chi connectivity index (χ0n) is 15.2. The number of hydrogen-bond donors (Lipinski definition) is 2. The average Bonchev–Trinajstić information content (AvgIpc) is 3.04. The maximum absolute atomic E-state index is 10.9. The Bertz CT molecular complexity index is 986. The fourth-order valence-electron chi connectivity index (χ4n) is 3.65. The van der Waals surface area contributed by atoms with Gasteiger partial charge in [0.15, 0.2) is 6.61 Å². The lowest BCUT2D eigenvalue weighted by molar-refractivity contribution is -0.139. The van der Waals surface area contributed by atoms with E-state index < -0.39 is 5.97 Å². The highest BCUT2D eigenvalue weighted by Gasteiger charge is 2.30. The van der Waals surface area contributed by atoms with Crippen LogP contribution in [-0.2, 0) is 11.3 Å². The minimum absolute atomic E-state index is 0.140. The van der Waals surface area contributed by atoms with E-state index in [9.17, 15) is 4.79 Å². The molecule has 5 heteroatoms. The van der Waals surface area contributed by atoms with Gasteiger partial charge in [-0.2, -0.15) is 0 Å². The van der Waals surface area contributed by atoms with Gasteiger partial charge in [0.2, 0.25) is 0 Å². The van der Waals surface area contributed by atoms with Gasteiger partial charge in [-0.1, -0.05) is 49.4 Å². The Balaban J connectivity index is 1.68. The number of rotatable bonds is 6. The smallest absolute Gasteiger partial charge is 0.341 e. The number of fused-ring (bicyclic) bond motifs is 2. The summed E-state index contributed by atoms with van der Waals surface area (Å²) >= 11 is 0. The van der Waals surface area contributed by atoms with Crippen LogP contribution in [0, 0.1) is 0 Å². The Kier molecular flexibility index (Phi) is 4.59. The molecule has 0 spiro atoms. The lowest BCUT2D eigenvalue weighted by atomic mass is 10.1. The van der Waals surface area contributed by atoms with Crippen LogP contribution in [0.2, 0.25) is 0 Å². The van der Waals surface area contributed by atoms with Crippen LogP contribution in [0.15, 0.2) is 60.7 Å². The number of carbonyl (C=O) groups is 1. The SMILES string of the molecule is CCC1Nc2cccc(OCC(=O)O)c2N1Cc1ccc2ccccc2c1. The maximum atomic E-state index is 10.9. The van der Waals surface area contributed by atoms with E-state index in [2.05, 4.69) is 47.5 Å². The zero-order chi connectivity index (χ0) is 18.8. The predicted octanol–water partition coefficient (Wildman–Crippen LogP) is 4.47. The first kappa shape index (κ1) is 17.2. The van der Waals surface area contributed by atoms with Crippen LogP contribution in [-0.4, -0.2) is 23.8 Å². The number of nitrogens with zero attached hydrogens (tertiary/aromatic N) is 1. The first-order valence-electron chi connectivity index (χ1n) is 9.14. The normalized spacial score (nSPS) is 15.4. The molecule has 138 valence electrons. The third-order valence-electron chi connectivity index (χ3n) is 4.89. The topological polar surface area (TPSA) is 61.8 Å². The monoisotopic (exact) mass is 362 g/mol. The number of anilines is 2. The molecule has 0 amide bonds. The Labute approximate surface area is 158 Å². The van der Waals surface area contributed by atoms with Crippen LogP contribution in [0.4, 0.5) is 11.4 Å². The minimum Gasteiger partial charge on any atom is -0.480 e. The molecule has 1 heterocycles. The van der Waals surface area contributed by atoms with Gasteiger partial charge in [0.05, 0.1) is 11.9 Å². The van der Waals surface area contributed by atoms with Gasteiger partial charge in [0, 0.05) is 6.54 Å². The Morgan fingerprint density at radius 1 is 1.11 bits per heavy atom. The number of carboxylic acids is 1. The molecule has 0 saturated heterocycles. The van der Waals surface area contributed by atoms with Crippen LogP contribution in [0.3, 0.4) is 0 Å². The summed E-state index contributed by atoms with van der Waals surface area (Å²) in [5, 5.41) is 14.9. The van der Waals surface area contributed by atoms with E-state index in [1.54, 1.807) is 0 Å². The maximum Gasteiger partial charge on any atom is 0.341 e. The van der Waals surface area contributed by atoms with E-state index in [0.29, 0.717) is 5.75 Å². The van der Waals surface area contributed by atoms with Gasteiger partial charge in [-0.25, -0.2) is 4.79 Å².